The van der Waals surface area contributed by atoms with Gasteiger partial charge in [-0.3, -0.25) is 19.4 Å². The van der Waals surface area contributed by atoms with Gasteiger partial charge in [0.05, 0.1) is 11.8 Å². The number of piperidine rings is 4. The summed E-state index contributed by atoms with van der Waals surface area (Å²) in [7, 11) is 8.56. The third-order valence-electron chi connectivity index (χ3n) is 12.2. The molecular formula is C39H56N6O3. The number of carbonyl (C=O) groups is 3. The summed E-state index contributed by atoms with van der Waals surface area (Å²) in [6, 6.07) is 21.3. The molecule has 4 fully saturated rings. The minimum absolute atomic E-state index is 0.00584. The molecule has 0 aromatic heterocycles. The molecule has 4 aliphatic heterocycles. The summed E-state index contributed by atoms with van der Waals surface area (Å²) < 4.78 is 0. The van der Waals surface area contributed by atoms with Crippen molar-refractivity contribution in [1.82, 2.24) is 29.4 Å². The van der Waals surface area contributed by atoms with Gasteiger partial charge in [0.25, 0.3) is 0 Å². The number of urea groups is 1. The highest BCUT2D eigenvalue weighted by Crippen LogP contribution is 2.39. The molecule has 9 heteroatoms. The van der Waals surface area contributed by atoms with Gasteiger partial charge in [-0.15, -0.1) is 0 Å². The maximum Gasteiger partial charge on any atom is 0.320 e. The second kappa shape index (κ2) is 14.6. The molecule has 2 atom stereocenters. The van der Waals surface area contributed by atoms with Crippen molar-refractivity contribution >= 4 is 17.8 Å². The Hall–Kier alpha value is -3.43. The van der Waals surface area contributed by atoms with Gasteiger partial charge in [-0.1, -0.05) is 60.7 Å². The second-order valence-corrected chi connectivity index (χ2v) is 15.1. The summed E-state index contributed by atoms with van der Waals surface area (Å²) in [6.45, 7) is 5.20. The Morgan fingerprint density at radius 3 is 1.23 bits per heavy atom. The summed E-state index contributed by atoms with van der Waals surface area (Å²) in [6.07, 6.45) is 6.90. The molecule has 9 nitrogen and oxygen atoms in total. The van der Waals surface area contributed by atoms with E-state index in [2.05, 4.69) is 98.7 Å². The molecule has 0 saturated carbocycles. The molecule has 4 saturated heterocycles. The van der Waals surface area contributed by atoms with Gasteiger partial charge < -0.3 is 19.6 Å². The molecule has 2 unspecified atom stereocenters. The van der Waals surface area contributed by atoms with E-state index in [0.29, 0.717) is 26.2 Å². The second-order valence-electron chi connectivity index (χ2n) is 15.1. The van der Waals surface area contributed by atoms with Gasteiger partial charge in [0.1, 0.15) is 0 Å². The minimum Gasteiger partial charge on any atom is -0.342 e. The van der Waals surface area contributed by atoms with Crippen LogP contribution in [0.3, 0.4) is 0 Å². The first kappa shape index (κ1) is 34.4. The largest absolute Gasteiger partial charge is 0.342 e. The minimum atomic E-state index is -0.163. The van der Waals surface area contributed by atoms with Crippen molar-refractivity contribution in [3.63, 3.8) is 0 Å². The van der Waals surface area contributed by atoms with Crippen molar-refractivity contribution in [2.75, 3.05) is 80.5 Å². The predicted octanol–water partition coefficient (Wildman–Crippen LogP) is 4.69. The van der Waals surface area contributed by atoms with E-state index in [1.54, 1.807) is 0 Å². The predicted molar refractivity (Wildman–Crippen MR) is 189 cm³/mol. The maximum absolute atomic E-state index is 13.9. The molecule has 0 spiro atoms. The van der Waals surface area contributed by atoms with Crippen molar-refractivity contribution in [3.05, 3.63) is 71.8 Å². The molecule has 6 rings (SSSR count). The van der Waals surface area contributed by atoms with E-state index in [1.165, 1.54) is 11.1 Å². The van der Waals surface area contributed by atoms with Gasteiger partial charge in [0.15, 0.2) is 0 Å². The number of hydrogen-bond acceptors (Lipinski definition) is 5. The van der Waals surface area contributed by atoms with Crippen LogP contribution < -0.4 is 0 Å². The van der Waals surface area contributed by atoms with Crippen LogP contribution in [0.25, 0.3) is 0 Å². The first-order valence-electron chi connectivity index (χ1n) is 18.2. The molecule has 0 bridgehead atoms. The SMILES string of the molecule is CN(C)C1(c2ccccc2)CCN(C(=O)C2CCCN(C(=O)N3CCCC(C(=O)N4CCC(c5ccccc5)(N(C)C)CC4)C3)C2)CC1. The molecule has 2 aromatic carbocycles. The van der Waals surface area contributed by atoms with Crippen LogP contribution in [0, 0.1) is 11.8 Å². The fourth-order valence-corrected chi connectivity index (χ4v) is 9.10. The number of nitrogens with zero attached hydrogens (tertiary/aromatic N) is 6. The third kappa shape index (κ3) is 6.73. The van der Waals surface area contributed by atoms with E-state index in [9.17, 15) is 14.4 Å². The van der Waals surface area contributed by atoms with Crippen LogP contribution in [-0.2, 0) is 20.7 Å². The van der Waals surface area contributed by atoms with Crippen LogP contribution in [0.15, 0.2) is 60.7 Å². The van der Waals surface area contributed by atoms with Crippen LogP contribution in [0.5, 0.6) is 0 Å². The third-order valence-corrected chi connectivity index (χ3v) is 12.2. The van der Waals surface area contributed by atoms with Gasteiger partial charge in [0.2, 0.25) is 11.8 Å². The van der Waals surface area contributed by atoms with Gasteiger partial charge in [0, 0.05) is 63.4 Å². The number of amides is 4. The standard InChI is InChI=1S/C39H56N6O3/c1-40(2)38(33-15-7-5-8-16-33)19-25-42(26-20-38)35(46)31-13-11-23-44(29-31)37(48)45-24-12-14-32(30-45)36(47)43-27-21-39(22-28-43,41(3)4)34-17-9-6-10-18-34/h5-10,15-18,31-32H,11-14,19-30H2,1-4H3. The van der Waals surface area contributed by atoms with E-state index in [-0.39, 0.29) is 40.8 Å². The summed E-state index contributed by atoms with van der Waals surface area (Å²) in [4.78, 5) is 54.0. The topological polar surface area (TPSA) is 70.6 Å². The van der Waals surface area contributed by atoms with Crippen molar-refractivity contribution < 1.29 is 14.4 Å². The Morgan fingerprint density at radius 2 is 0.896 bits per heavy atom. The molecule has 0 N–H and O–H groups in total. The Balaban J connectivity index is 1.02. The van der Waals surface area contributed by atoms with Gasteiger partial charge in [-0.05, 0) is 90.7 Å². The lowest BCUT2D eigenvalue weighted by molar-refractivity contribution is -0.140. The monoisotopic (exact) mass is 656 g/mol. The lowest BCUT2D eigenvalue weighted by Crippen LogP contribution is -2.57. The molecule has 2 aromatic rings. The van der Waals surface area contributed by atoms with Crippen LogP contribution in [-0.4, -0.2) is 128 Å². The average molecular weight is 657 g/mol. The number of likely N-dealkylation sites (tertiary alicyclic amines) is 4. The fourth-order valence-electron chi connectivity index (χ4n) is 9.10. The highest BCUT2D eigenvalue weighted by Gasteiger charge is 2.43. The summed E-state index contributed by atoms with van der Waals surface area (Å²) in [5.41, 5.74) is 2.48. The van der Waals surface area contributed by atoms with Gasteiger partial charge >= 0.3 is 6.03 Å². The Morgan fingerprint density at radius 1 is 0.542 bits per heavy atom. The van der Waals surface area contributed by atoms with E-state index in [1.807, 2.05) is 19.6 Å². The zero-order chi connectivity index (χ0) is 33.9. The molecule has 4 aliphatic rings. The van der Waals surface area contributed by atoms with E-state index in [0.717, 1.165) is 77.5 Å². The molecule has 0 aliphatic carbocycles. The molecular weight excluding hydrogens is 600 g/mol. The number of rotatable bonds is 6. The fraction of sp³-hybridized carbons (Fsp3) is 0.615. The van der Waals surface area contributed by atoms with Crippen LogP contribution in [0.2, 0.25) is 0 Å². The number of carbonyl (C=O) groups excluding carboxylic acids is 3. The Kier molecular flexibility index (Phi) is 10.5. The summed E-state index contributed by atoms with van der Waals surface area (Å²) >= 11 is 0. The van der Waals surface area contributed by atoms with Crippen LogP contribution in [0.1, 0.15) is 62.5 Å². The summed E-state index contributed by atoms with van der Waals surface area (Å²) in [5, 5.41) is 0. The molecule has 48 heavy (non-hydrogen) atoms. The highest BCUT2D eigenvalue weighted by atomic mass is 16.2. The quantitative estimate of drug-likeness (QED) is 0.452. The molecule has 4 heterocycles. The zero-order valence-electron chi connectivity index (χ0n) is 29.6. The van der Waals surface area contributed by atoms with Crippen molar-refractivity contribution in [3.8, 4) is 0 Å². The van der Waals surface area contributed by atoms with Crippen molar-refractivity contribution in [1.29, 1.82) is 0 Å². The Labute approximate surface area is 287 Å². The molecule has 260 valence electrons. The van der Waals surface area contributed by atoms with Crippen LogP contribution >= 0.6 is 0 Å². The lowest BCUT2D eigenvalue weighted by atomic mass is 9.79. The molecule has 4 amide bonds. The van der Waals surface area contributed by atoms with E-state index >= 15 is 0 Å². The smallest absolute Gasteiger partial charge is 0.320 e. The van der Waals surface area contributed by atoms with E-state index < -0.39 is 0 Å². The first-order chi connectivity index (χ1) is 23.1. The number of benzene rings is 2. The van der Waals surface area contributed by atoms with Gasteiger partial charge in [-0.25, -0.2) is 4.79 Å². The maximum atomic E-state index is 13.9. The first-order valence-corrected chi connectivity index (χ1v) is 18.2. The van der Waals surface area contributed by atoms with E-state index in [4.69, 9.17) is 0 Å². The zero-order valence-corrected chi connectivity index (χ0v) is 29.6. The Bertz CT molecular complexity index is 1290. The average Bonchev–Trinajstić information content (AvgIpc) is 3.14. The van der Waals surface area contributed by atoms with Gasteiger partial charge in [-0.2, -0.15) is 0 Å². The lowest BCUT2D eigenvalue weighted by Gasteiger charge is -2.48. The molecule has 0 radical (unpaired) electrons. The van der Waals surface area contributed by atoms with Crippen molar-refractivity contribution in [2.24, 2.45) is 11.8 Å². The van der Waals surface area contributed by atoms with Crippen LogP contribution in [0.4, 0.5) is 4.79 Å². The summed E-state index contributed by atoms with van der Waals surface area (Å²) in [5.74, 6) is 0.0508. The normalized spacial score (nSPS) is 24.5. The van der Waals surface area contributed by atoms with Crippen molar-refractivity contribution in [2.45, 2.75) is 62.4 Å². The highest BCUT2D eigenvalue weighted by molar-refractivity contribution is 5.83. The number of hydrogen-bond donors (Lipinski definition) is 0.